The van der Waals surface area contributed by atoms with Gasteiger partial charge < -0.3 is 16.4 Å². The second-order valence-corrected chi connectivity index (χ2v) is 4.08. The number of piperidine rings is 1. The molecular weight excluding hydrogens is 194 g/mol. The van der Waals surface area contributed by atoms with Crippen molar-refractivity contribution in [2.75, 3.05) is 6.54 Å². The highest BCUT2D eigenvalue weighted by atomic mass is 16.2. The summed E-state index contributed by atoms with van der Waals surface area (Å²) < 4.78 is 0. The van der Waals surface area contributed by atoms with Gasteiger partial charge in [-0.15, -0.1) is 0 Å². The molecule has 5 heteroatoms. The van der Waals surface area contributed by atoms with Crippen LogP contribution in [0.2, 0.25) is 0 Å². The number of rotatable bonds is 4. The van der Waals surface area contributed by atoms with E-state index in [-0.39, 0.29) is 30.3 Å². The van der Waals surface area contributed by atoms with Crippen LogP contribution >= 0.6 is 0 Å². The summed E-state index contributed by atoms with van der Waals surface area (Å²) in [6, 6.07) is -0.284. The molecule has 0 aromatic rings. The zero-order valence-electron chi connectivity index (χ0n) is 9.08. The summed E-state index contributed by atoms with van der Waals surface area (Å²) in [5.41, 5.74) is 5.04. The molecule has 0 radical (unpaired) electrons. The van der Waals surface area contributed by atoms with E-state index in [2.05, 4.69) is 10.6 Å². The van der Waals surface area contributed by atoms with Crippen LogP contribution in [0.1, 0.15) is 32.6 Å². The molecule has 0 aliphatic carbocycles. The summed E-state index contributed by atoms with van der Waals surface area (Å²) in [5, 5.41) is 5.93. The summed E-state index contributed by atoms with van der Waals surface area (Å²) in [6.07, 6.45) is 3.27. The van der Waals surface area contributed by atoms with Gasteiger partial charge in [-0.2, -0.15) is 0 Å². The lowest BCUT2D eigenvalue weighted by Gasteiger charge is -2.24. The molecule has 1 rings (SSSR count). The fraction of sp³-hybridized carbons (Fsp3) is 0.800. The van der Waals surface area contributed by atoms with Crippen molar-refractivity contribution in [3.63, 3.8) is 0 Å². The third-order valence-electron chi connectivity index (χ3n) is 2.52. The van der Waals surface area contributed by atoms with Crippen LogP contribution in [0.15, 0.2) is 0 Å². The largest absolute Gasteiger partial charge is 0.370 e. The molecule has 5 nitrogen and oxygen atoms in total. The Morgan fingerprint density at radius 3 is 2.80 bits per heavy atom. The van der Waals surface area contributed by atoms with E-state index in [1.54, 1.807) is 6.92 Å². The van der Waals surface area contributed by atoms with E-state index in [0.717, 1.165) is 25.8 Å². The predicted molar refractivity (Wildman–Crippen MR) is 57.1 cm³/mol. The van der Waals surface area contributed by atoms with Gasteiger partial charge >= 0.3 is 0 Å². The van der Waals surface area contributed by atoms with Gasteiger partial charge in [0.2, 0.25) is 11.8 Å². The van der Waals surface area contributed by atoms with Crippen molar-refractivity contribution in [1.82, 2.24) is 10.6 Å². The minimum Gasteiger partial charge on any atom is -0.370 e. The van der Waals surface area contributed by atoms with Crippen molar-refractivity contribution in [1.29, 1.82) is 0 Å². The van der Waals surface area contributed by atoms with Gasteiger partial charge in [-0.25, -0.2) is 0 Å². The van der Waals surface area contributed by atoms with Crippen molar-refractivity contribution in [3.8, 4) is 0 Å². The van der Waals surface area contributed by atoms with Crippen molar-refractivity contribution >= 4 is 11.8 Å². The minimum atomic E-state index is -0.389. The Labute approximate surface area is 89.8 Å². The molecule has 2 atom stereocenters. The first-order valence-corrected chi connectivity index (χ1v) is 5.41. The zero-order valence-corrected chi connectivity index (χ0v) is 9.08. The first-order chi connectivity index (χ1) is 7.09. The lowest BCUT2D eigenvalue weighted by molar-refractivity contribution is -0.124. The van der Waals surface area contributed by atoms with Crippen molar-refractivity contribution in [2.45, 2.75) is 44.7 Å². The molecule has 0 aromatic carbocycles. The number of primary amides is 1. The lowest BCUT2D eigenvalue weighted by atomic mass is 10.0. The molecule has 1 aliphatic heterocycles. The summed E-state index contributed by atoms with van der Waals surface area (Å²) in [6.45, 7) is 2.67. The fourth-order valence-electron chi connectivity index (χ4n) is 1.77. The van der Waals surface area contributed by atoms with Crippen LogP contribution in [-0.2, 0) is 9.59 Å². The lowest BCUT2D eigenvalue weighted by Crippen LogP contribution is -2.49. The molecule has 1 heterocycles. The molecule has 1 saturated heterocycles. The van der Waals surface area contributed by atoms with Gasteiger partial charge in [-0.3, -0.25) is 9.59 Å². The Bertz CT molecular complexity index is 237. The first-order valence-electron chi connectivity index (χ1n) is 5.41. The number of hydrogen-bond acceptors (Lipinski definition) is 3. The van der Waals surface area contributed by atoms with Crippen LogP contribution < -0.4 is 16.4 Å². The van der Waals surface area contributed by atoms with Gasteiger partial charge in [-0.05, 0) is 26.3 Å². The second-order valence-electron chi connectivity index (χ2n) is 4.08. The number of nitrogens with one attached hydrogen (secondary N) is 2. The molecular formula is C10H19N3O2. The molecule has 0 saturated carbocycles. The van der Waals surface area contributed by atoms with Crippen LogP contribution in [0.3, 0.4) is 0 Å². The third-order valence-corrected chi connectivity index (χ3v) is 2.52. The normalized spacial score (nSPS) is 23.1. The van der Waals surface area contributed by atoms with Crippen molar-refractivity contribution in [2.24, 2.45) is 5.73 Å². The van der Waals surface area contributed by atoms with Crippen LogP contribution in [-0.4, -0.2) is 30.4 Å². The predicted octanol–water partition coefficient (Wildman–Crippen LogP) is -0.491. The molecule has 0 aromatic heterocycles. The summed E-state index contributed by atoms with van der Waals surface area (Å²) in [5.74, 6) is -0.414. The van der Waals surface area contributed by atoms with E-state index in [9.17, 15) is 9.59 Å². The summed E-state index contributed by atoms with van der Waals surface area (Å²) in [4.78, 5) is 22.3. The molecule has 15 heavy (non-hydrogen) atoms. The topological polar surface area (TPSA) is 84.2 Å². The Morgan fingerprint density at radius 2 is 2.27 bits per heavy atom. The Morgan fingerprint density at radius 1 is 1.53 bits per heavy atom. The highest BCUT2D eigenvalue weighted by Crippen LogP contribution is 2.07. The SMILES string of the molecule is CC(CC(N)=O)NC(=O)[C@H]1CCCCN1. The number of carbonyl (C=O) groups excluding carboxylic acids is 2. The maximum absolute atomic E-state index is 11.7. The van der Waals surface area contributed by atoms with Gasteiger partial charge in [0.05, 0.1) is 6.04 Å². The summed E-state index contributed by atoms with van der Waals surface area (Å²) >= 11 is 0. The maximum atomic E-state index is 11.7. The average molecular weight is 213 g/mol. The number of hydrogen-bond donors (Lipinski definition) is 3. The maximum Gasteiger partial charge on any atom is 0.237 e. The number of nitrogens with two attached hydrogens (primary N) is 1. The van der Waals surface area contributed by atoms with Gasteiger partial charge in [0.15, 0.2) is 0 Å². The second kappa shape index (κ2) is 5.70. The van der Waals surface area contributed by atoms with Crippen molar-refractivity contribution in [3.05, 3.63) is 0 Å². The zero-order chi connectivity index (χ0) is 11.3. The fourth-order valence-corrected chi connectivity index (χ4v) is 1.77. The van der Waals surface area contributed by atoms with E-state index in [0.29, 0.717) is 0 Å². The average Bonchev–Trinajstić information content (AvgIpc) is 2.17. The number of carbonyl (C=O) groups is 2. The molecule has 1 aliphatic rings. The Kier molecular flexibility index (Phi) is 4.55. The molecule has 4 N–H and O–H groups in total. The third kappa shape index (κ3) is 4.29. The van der Waals surface area contributed by atoms with Crippen LogP contribution in [0.25, 0.3) is 0 Å². The molecule has 0 spiro atoms. The van der Waals surface area contributed by atoms with Gasteiger partial charge in [0.1, 0.15) is 0 Å². The highest BCUT2D eigenvalue weighted by molar-refractivity contribution is 5.83. The Hall–Kier alpha value is -1.10. The minimum absolute atomic E-state index is 0.0246. The number of amides is 2. The molecule has 0 bridgehead atoms. The first kappa shape index (κ1) is 12.0. The van der Waals surface area contributed by atoms with Gasteiger partial charge in [0.25, 0.3) is 0 Å². The van der Waals surface area contributed by atoms with E-state index >= 15 is 0 Å². The van der Waals surface area contributed by atoms with Crippen LogP contribution in [0, 0.1) is 0 Å². The monoisotopic (exact) mass is 213 g/mol. The quantitative estimate of drug-likeness (QED) is 0.589. The molecule has 1 fully saturated rings. The van der Waals surface area contributed by atoms with Gasteiger partial charge in [-0.1, -0.05) is 6.42 Å². The standard InChI is InChI=1S/C10H19N3O2/c1-7(6-9(11)14)13-10(15)8-4-2-3-5-12-8/h7-8,12H,2-6H2,1H3,(H2,11,14)(H,13,15)/t7?,8-/m1/s1. The van der Waals surface area contributed by atoms with Crippen LogP contribution in [0.5, 0.6) is 0 Å². The van der Waals surface area contributed by atoms with Crippen molar-refractivity contribution < 1.29 is 9.59 Å². The van der Waals surface area contributed by atoms with E-state index in [1.807, 2.05) is 0 Å². The van der Waals surface area contributed by atoms with E-state index in [1.165, 1.54) is 0 Å². The highest BCUT2D eigenvalue weighted by Gasteiger charge is 2.21. The Balaban J connectivity index is 2.30. The van der Waals surface area contributed by atoms with Crippen LogP contribution in [0.4, 0.5) is 0 Å². The molecule has 1 unspecified atom stereocenters. The van der Waals surface area contributed by atoms with E-state index in [4.69, 9.17) is 5.73 Å². The molecule has 86 valence electrons. The van der Waals surface area contributed by atoms with Gasteiger partial charge in [0, 0.05) is 12.5 Å². The molecule has 2 amide bonds. The smallest absolute Gasteiger partial charge is 0.237 e. The summed E-state index contributed by atoms with van der Waals surface area (Å²) in [7, 11) is 0. The van der Waals surface area contributed by atoms with E-state index < -0.39 is 0 Å².